The number of H-pyrrole nitrogens is 2. The molecule has 14 heavy (non-hydrogen) atoms. The topological polar surface area (TPSA) is 83.6 Å². The largest absolute Gasteiger partial charge is 0.397 e. The van der Waals surface area contributed by atoms with Crippen molar-refractivity contribution in [3.63, 3.8) is 0 Å². The Labute approximate surface area is 79.9 Å². The first-order chi connectivity index (χ1) is 6.75. The van der Waals surface area contributed by atoms with Gasteiger partial charge in [0.2, 0.25) is 0 Å². The number of aromatic amines is 2. The van der Waals surface area contributed by atoms with Crippen molar-refractivity contribution in [3.8, 4) is 0 Å². The van der Waals surface area contributed by atoms with E-state index in [1.165, 1.54) is 0 Å². The molecule has 4 nitrogen and oxygen atoms in total. The van der Waals surface area contributed by atoms with Crippen molar-refractivity contribution in [3.05, 3.63) is 24.5 Å². The lowest BCUT2D eigenvalue weighted by molar-refractivity contribution is 1.47. The van der Waals surface area contributed by atoms with Crippen LogP contribution in [0.1, 0.15) is 0 Å². The summed E-state index contributed by atoms with van der Waals surface area (Å²) in [5.74, 6) is 0. The van der Waals surface area contributed by atoms with Crippen molar-refractivity contribution in [2.24, 2.45) is 0 Å². The van der Waals surface area contributed by atoms with Gasteiger partial charge in [0, 0.05) is 34.2 Å². The van der Waals surface area contributed by atoms with Crippen LogP contribution < -0.4 is 11.5 Å². The Morgan fingerprint density at radius 3 is 1.64 bits per heavy atom. The van der Waals surface area contributed by atoms with Gasteiger partial charge in [-0.2, -0.15) is 0 Å². The first-order valence-corrected chi connectivity index (χ1v) is 4.39. The van der Waals surface area contributed by atoms with Crippen LogP contribution in [0, 0.1) is 0 Å². The molecule has 0 fully saturated rings. The zero-order chi connectivity index (χ0) is 9.71. The molecule has 2 aromatic heterocycles. The van der Waals surface area contributed by atoms with Crippen molar-refractivity contribution in [1.82, 2.24) is 9.97 Å². The van der Waals surface area contributed by atoms with Gasteiger partial charge in [-0.25, -0.2) is 0 Å². The summed E-state index contributed by atoms with van der Waals surface area (Å²) in [5.41, 5.74) is 15.1. The highest BCUT2D eigenvalue weighted by Gasteiger charge is 2.05. The second-order valence-corrected chi connectivity index (χ2v) is 3.43. The van der Waals surface area contributed by atoms with Crippen LogP contribution in [-0.2, 0) is 0 Å². The van der Waals surface area contributed by atoms with Gasteiger partial charge in [0.05, 0.1) is 11.4 Å². The molecule has 0 aliphatic rings. The number of benzene rings is 1. The van der Waals surface area contributed by atoms with E-state index in [1.807, 2.05) is 12.1 Å². The summed E-state index contributed by atoms with van der Waals surface area (Å²) in [6.07, 6.45) is 3.58. The van der Waals surface area contributed by atoms with E-state index in [0.29, 0.717) is 0 Å². The molecule has 0 amide bonds. The second kappa shape index (κ2) is 2.23. The van der Waals surface area contributed by atoms with Crippen molar-refractivity contribution in [2.45, 2.75) is 0 Å². The van der Waals surface area contributed by atoms with E-state index < -0.39 is 0 Å². The predicted molar refractivity (Wildman–Crippen MR) is 59.0 cm³/mol. The summed E-state index contributed by atoms with van der Waals surface area (Å²) in [7, 11) is 0. The standard InChI is InChI=1S/C10H10N4/c11-7-3-14-10-2-6-8(12)4-13-9(6)1-5(7)10/h1-4,13-14H,11-12H2. The van der Waals surface area contributed by atoms with E-state index in [1.54, 1.807) is 12.4 Å². The fraction of sp³-hybridized carbons (Fsp3) is 0. The fourth-order valence-corrected chi connectivity index (χ4v) is 1.78. The Morgan fingerprint density at radius 1 is 0.786 bits per heavy atom. The van der Waals surface area contributed by atoms with Gasteiger partial charge >= 0.3 is 0 Å². The summed E-state index contributed by atoms with van der Waals surface area (Å²) in [4.78, 5) is 6.21. The summed E-state index contributed by atoms with van der Waals surface area (Å²) in [5, 5.41) is 2.05. The zero-order valence-electron chi connectivity index (χ0n) is 7.46. The Bertz CT molecular complexity index is 561. The first kappa shape index (κ1) is 7.32. The summed E-state index contributed by atoms with van der Waals surface area (Å²) < 4.78 is 0. The van der Waals surface area contributed by atoms with E-state index in [-0.39, 0.29) is 0 Å². The van der Waals surface area contributed by atoms with Gasteiger partial charge in [-0.15, -0.1) is 0 Å². The third-order valence-corrected chi connectivity index (χ3v) is 2.55. The molecular formula is C10H10N4. The summed E-state index contributed by atoms with van der Waals surface area (Å²) >= 11 is 0. The minimum atomic E-state index is 0.759. The Morgan fingerprint density at radius 2 is 1.21 bits per heavy atom. The number of nitrogens with one attached hydrogen (secondary N) is 2. The molecule has 0 saturated carbocycles. The van der Waals surface area contributed by atoms with E-state index in [9.17, 15) is 0 Å². The number of rotatable bonds is 0. The van der Waals surface area contributed by atoms with Gasteiger partial charge in [0.15, 0.2) is 0 Å². The number of anilines is 2. The normalized spacial score (nSPS) is 11.4. The first-order valence-electron chi connectivity index (χ1n) is 4.39. The molecule has 0 saturated heterocycles. The SMILES string of the molecule is Nc1c[nH]c2cc3c(N)c[nH]c3cc12. The molecule has 4 heteroatoms. The number of nitrogen functional groups attached to an aromatic ring is 2. The van der Waals surface area contributed by atoms with Gasteiger partial charge in [-0.05, 0) is 12.1 Å². The number of fused-ring (bicyclic) bond motifs is 2. The van der Waals surface area contributed by atoms with Gasteiger partial charge in [-0.1, -0.05) is 0 Å². The molecule has 0 spiro atoms. The van der Waals surface area contributed by atoms with E-state index in [2.05, 4.69) is 9.97 Å². The Kier molecular flexibility index (Phi) is 1.16. The van der Waals surface area contributed by atoms with Gasteiger partial charge in [0.25, 0.3) is 0 Å². The fourth-order valence-electron chi connectivity index (χ4n) is 1.78. The quantitative estimate of drug-likeness (QED) is 0.431. The van der Waals surface area contributed by atoms with Crippen molar-refractivity contribution in [1.29, 1.82) is 0 Å². The molecule has 0 bridgehead atoms. The van der Waals surface area contributed by atoms with Gasteiger partial charge in [0.1, 0.15) is 0 Å². The van der Waals surface area contributed by atoms with Crippen molar-refractivity contribution in [2.75, 3.05) is 11.5 Å². The number of hydrogen-bond donors (Lipinski definition) is 4. The minimum Gasteiger partial charge on any atom is -0.397 e. The maximum atomic E-state index is 5.80. The zero-order valence-corrected chi connectivity index (χ0v) is 7.46. The van der Waals surface area contributed by atoms with Crippen LogP contribution in [0.15, 0.2) is 24.5 Å². The van der Waals surface area contributed by atoms with E-state index in [0.717, 1.165) is 33.2 Å². The highest BCUT2D eigenvalue weighted by molar-refractivity contribution is 6.04. The smallest absolute Gasteiger partial charge is 0.0572 e. The van der Waals surface area contributed by atoms with Crippen molar-refractivity contribution < 1.29 is 0 Å². The molecule has 0 unspecified atom stereocenters. The molecular weight excluding hydrogens is 176 g/mol. The molecule has 0 radical (unpaired) electrons. The predicted octanol–water partition coefficient (Wildman–Crippen LogP) is 1.81. The number of aromatic nitrogens is 2. The maximum Gasteiger partial charge on any atom is 0.0572 e. The molecule has 3 aromatic rings. The lowest BCUT2D eigenvalue weighted by atomic mass is 10.1. The van der Waals surface area contributed by atoms with Crippen LogP contribution in [-0.4, -0.2) is 9.97 Å². The maximum absolute atomic E-state index is 5.80. The number of nitrogens with two attached hydrogens (primary N) is 2. The van der Waals surface area contributed by atoms with Crippen LogP contribution in [0.3, 0.4) is 0 Å². The second-order valence-electron chi connectivity index (χ2n) is 3.43. The molecule has 3 rings (SSSR count). The average molecular weight is 186 g/mol. The third-order valence-electron chi connectivity index (χ3n) is 2.55. The molecule has 0 aliphatic carbocycles. The van der Waals surface area contributed by atoms with Crippen LogP contribution in [0.25, 0.3) is 21.8 Å². The van der Waals surface area contributed by atoms with Gasteiger partial charge in [-0.3, -0.25) is 0 Å². The highest BCUT2D eigenvalue weighted by Crippen LogP contribution is 2.28. The molecule has 1 aromatic carbocycles. The summed E-state index contributed by atoms with van der Waals surface area (Å²) in [6, 6.07) is 4.01. The number of hydrogen-bond acceptors (Lipinski definition) is 2. The molecule has 0 aliphatic heterocycles. The molecule has 2 heterocycles. The monoisotopic (exact) mass is 186 g/mol. The Hall–Kier alpha value is -2.10. The summed E-state index contributed by atoms with van der Waals surface area (Å²) in [6.45, 7) is 0. The third kappa shape index (κ3) is 0.771. The van der Waals surface area contributed by atoms with Crippen molar-refractivity contribution >= 4 is 33.2 Å². The molecule has 6 N–H and O–H groups in total. The van der Waals surface area contributed by atoms with Gasteiger partial charge < -0.3 is 21.4 Å². The lowest BCUT2D eigenvalue weighted by Gasteiger charge is -1.94. The van der Waals surface area contributed by atoms with Crippen LogP contribution in [0.5, 0.6) is 0 Å². The molecule has 70 valence electrons. The Balaban J connectivity index is 2.56. The highest BCUT2D eigenvalue weighted by atomic mass is 14.8. The molecule has 0 atom stereocenters. The van der Waals surface area contributed by atoms with E-state index >= 15 is 0 Å². The van der Waals surface area contributed by atoms with Crippen LogP contribution in [0.2, 0.25) is 0 Å². The van der Waals surface area contributed by atoms with Crippen LogP contribution >= 0.6 is 0 Å². The van der Waals surface area contributed by atoms with Crippen LogP contribution in [0.4, 0.5) is 11.4 Å². The van der Waals surface area contributed by atoms with E-state index in [4.69, 9.17) is 11.5 Å². The average Bonchev–Trinajstić information content (AvgIpc) is 2.71. The lowest BCUT2D eigenvalue weighted by Crippen LogP contribution is -1.81. The minimum absolute atomic E-state index is 0.759.